The fourth-order valence-corrected chi connectivity index (χ4v) is 10.5. The van der Waals surface area contributed by atoms with E-state index in [-0.39, 0.29) is 17.5 Å². The van der Waals surface area contributed by atoms with Gasteiger partial charge in [-0.25, -0.2) is 4.79 Å². The highest BCUT2D eigenvalue weighted by Crippen LogP contribution is 2.67. The molecule has 4 aliphatic rings. The second-order valence-electron chi connectivity index (χ2n) is 16.3. The molecule has 3 nitrogen and oxygen atoms in total. The topological polar surface area (TPSA) is 38.7 Å². The average molecular weight is 608 g/mol. The van der Waals surface area contributed by atoms with Crippen molar-refractivity contribution >= 4 is 17.9 Å². The summed E-state index contributed by atoms with van der Waals surface area (Å²) in [5.41, 5.74) is 6.11. The van der Waals surface area contributed by atoms with Crippen molar-refractivity contribution in [1.29, 1.82) is 0 Å². The van der Waals surface area contributed by atoms with Gasteiger partial charge in [-0.15, -0.1) is 0 Å². The summed E-state index contributed by atoms with van der Waals surface area (Å²) in [6, 6.07) is 15.8. The number of carbonyl (C=O) groups is 1. The van der Waals surface area contributed by atoms with E-state index in [1.165, 1.54) is 56.9 Å². The Balaban J connectivity index is 1.06. The van der Waals surface area contributed by atoms with Crippen LogP contribution in [0.3, 0.4) is 0 Å². The van der Waals surface area contributed by atoms with Crippen LogP contribution >= 0.6 is 0 Å². The van der Waals surface area contributed by atoms with Crippen molar-refractivity contribution < 1.29 is 9.53 Å². The third kappa shape index (κ3) is 6.61. The maximum atomic E-state index is 13.2. The monoisotopic (exact) mass is 607 g/mol. The average Bonchev–Trinajstić information content (AvgIpc) is 3.38. The maximum absolute atomic E-state index is 13.2. The molecule has 3 saturated carbocycles. The van der Waals surface area contributed by atoms with E-state index in [4.69, 9.17) is 4.74 Å². The van der Waals surface area contributed by atoms with Crippen LogP contribution in [0.15, 0.2) is 65.2 Å². The van der Waals surface area contributed by atoms with E-state index >= 15 is 0 Å². The molecule has 0 bridgehead atoms. The molecule has 0 radical (unpaired) electrons. The number of fused-ring (bicyclic) bond motifs is 5. The summed E-state index contributed by atoms with van der Waals surface area (Å²) < 4.78 is 6.15. The second kappa shape index (κ2) is 13.2. The molecule has 6 rings (SSSR count). The van der Waals surface area contributed by atoms with Gasteiger partial charge >= 0.3 is 5.97 Å². The third-order valence-electron chi connectivity index (χ3n) is 13.1. The number of ether oxygens (including phenoxy) is 1. The second-order valence-corrected chi connectivity index (χ2v) is 16.3. The van der Waals surface area contributed by atoms with Gasteiger partial charge in [0.25, 0.3) is 0 Å². The molecule has 0 heterocycles. The zero-order chi connectivity index (χ0) is 31.8. The van der Waals surface area contributed by atoms with Crippen LogP contribution < -0.4 is 0 Å². The highest BCUT2D eigenvalue weighted by Gasteiger charge is 2.59. The van der Waals surface area contributed by atoms with E-state index in [1.54, 1.807) is 5.57 Å². The molecule has 2 aromatic rings. The van der Waals surface area contributed by atoms with Crippen LogP contribution in [0.5, 0.6) is 0 Å². The van der Waals surface area contributed by atoms with Crippen molar-refractivity contribution in [3.8, 4) is 0 Å². The highest BCUT2D eigenvalue weighted by atomic mass is 16.5. The first kappa shape index (κ1) is 32.3. The van der Waals surface area contributed by atoms with Crippen LogP contribution in [0.1, 0.15) is 127 Å². The summed E-state index contributed by atoms with van der Waals surface area (Å²) in [6.45, 7) is 14.6. The lowest BCUT2D eigenvalue weighted by molar-refractivity contribution is -0.0594. The quantitative estimate of drug-likeness (QED) is 0.162. The minimum atomic E-state index is -0.201. The fourth-order valence-electron chi connectivity index (χ4n) is 10.5. The normalized spacial score (nSPS) is 33.3. The molecule has 0 spiro atoms. The molecule has 3 fully saturated rings. The molecule has 0 saturated heterocycles. The summed E-state index contributed by atoms with van der Waals surface area (Å²) in [5.74, 6) is 4.88. The first-order chi connectivity index (χ1) is 21.6. The number of benzene rings is 2. The first-order valence-electron chi connectivity index (χ1n) is 18.2. The van der Waals surface area contributed by atoms with Crippen molar-refractivity contribution in [3.05, 3.63) is 76.9 Å². The Morgan fingerprint density at radius 3 is 2.42 bits per heavy atom. The molecule has 0 aromatic heterocycles. The van der Waals surface area contributed by atoms with Crippen molar-refractivity contribution in [2.24, 2.45) is 51.3 Å². The lowest BCUT2D eigenvalue weighted by atomic mass is 9.47. The van der Waals surface area contributed by atoms with Crippen molar-refractivity contribution in [1.82, 2.24) is 0 Å². The van der Waals surface area contributed by atoms with Crippen molar-refractivity contribution in [2.75, 3.05) is 0 Å². The van der Waals surface area contributed by atoms with Crippen LogP contribution in [0.2, 0.25) is 0 Å². The molecule has 8 atom stereocenters. The highest BCUT2D eigenvalue weighted by molar-refractivity contribution is 5.91. The van der Waals surface area contributed by atoms with Gasteiger partial charge < -0.3 is 4.74 Å². The molecule has 0 amide bonds. The largest absolute Gasteiger partial charge is 0.458 e. The summed E-state index contributed by atoms with van der Waals surface area (Å²) in [6.07, 6.45) is 18.5. The Labute approximate surface area is 273 Å². The van der Waals surface area contributed by atoms with E-state index in [1.807, 2.05) is 42.6 Å². The molecule has 0 aliphatic heterocycles. The molecule has 4 aliphatic carbocycles. The maximum Gasteiger partial charge on any atom is 0.338 e. The molecule has 3 heteroatoms. The first-order valence-corrected chi connectivity index (χ1v) is 18.2. The minimum absolute atomic E-state index is 0.0208. The molecule has 2 aromatic carbocycles. The van der Waals surface area contributed by atoms with E-state index in [2.05, 4.69) is 64.7 Å². The summed E-state index contributed by atoms with van der Waals surface area (Å²) in [7, 11) is 0. The lowest BCUT2D eigenvalue weighted by Gasteiger charge is -2.58. The number of rotatable bonds is 9. The number of allylic oxidation sites excluding steroid dienone is 1. The van der Waals surface area contributed by atoms with Crippen LogP contribution in [-0.2, 0) is 4.74 Å². The van der Waals surface area contributed by atoms with Gasteiger partial charge in [0.15, 0.2) is 0 Å². The fraction of sp³-hybridized carbons (Fsp3) is 0.619. The van der Waals surface area contributed by atoms with Gasteiger partial charge in [0.1, 0.15) is 6.10 Å². The lowest BCUT2D eigenvalue weighted by Crippen LogP contribution is -2.51. The van der Waals surface area contributed by atoms with E-state index in [0.29, 0.717) is 11.0 Å². The summed E-state index contributed by atoms with van der Waals surface area (Å²) in [5, 5.41) is 0. The molecule has 45 heavy (non-hydrogen) atoms. The number of aliphatic imine (C=N–C) groups is 1. The smallest absolute Gasteiger partial charge is 0.338 e. The SMILES string of the molecule is Cc1ccc(N=Cc2ccc(C(=O)OC3CC[C@@]4(C)C(=CC[C@H]5[C@@H]6CC[C@H]([C@H](C)CCCC(C)C)[C@@]6(C)CC[C@@H]54)C3)cc2)cc1. The predicted octanol–water partition coefficient (Wildman–Crippen LogP) is 11.3. The molecular weight excluding hydrogens is 550 g/mol. The minimum Gasteiger partial charge on any atom is -0.458 e. The number of carbonyl (C=O) groups excluding carboxylic acids is 1. The Kier molecular flexibility index (Phi) is 9.47. The Morgan fingerprint density at radius 2 is 1.69 bits per heavy atom. The van der Waals surface area contributed by atoms with Crippen molar-refractivity contribution in [3.63, 3.8) is 0 Å². The summed E-state index contributed by atoms with van der Waals surface area (Å²) >= 11 is 0. The number of nitrogens with zero attached hydrogens (tertiary/aromatic N) is 1. The van der Waals surface area contributed by atoms with Crippen molar-refractivity contribution in [2.45, 2.75) is 118 Å². The molecule has 1 unspecified atom stereocenters. The van der Waals surface area contributed by atoms with Crippen LogP contribution in [0.4, 0.5) is 5.69 Å². The summed E-state index contributed by atoms with van der Waals surface area (Å²) in [4.78, 5) is 17.7. The predicted molar refractivity (Wildman–Crippen MR) is 187 cm³/mol. The molecule has 242 valence electrons. The third-order valence-corrected chi connectivity index (χ3v) is 13.1. The standard InChI is InChI=1S/C42H57NO2/c1-28(2)8-7-9-30(4)37-20-21-38-36-19-16-33-26-35(22-24-41(33,5)39(36)23-25-42(37,38)6)45-40(44)32-14-12-31(13-15-32)27-43-34-17-10-29(3)11-18-34/h10-18,27-28,30,35-39H,7-9,19-26H2,1-6H3/t30-,35?,36+,37-,38+,39+,41+,42-/m1/s1. The number of hydrogen-bond acceptors (Lipinski definition) is 3. The van der Waals surface area contributed by atoms with Gasteiger partial charge in [-0.3, -0.25) is 4.99 Å². The Bertz CT molecular complexity index is 1390. The number of esters is 1. The zero-order valence-corrected chi connectivity index (χ0v) is 28.9. The van der Waals surface area contributed by atoms with Crippen LogP contribution in [-0.4, -0.2) is 18.3 Å². The Hall–Kier alpha value is -2.68. The van der Waals surface area contributed by atoms with Gasteiger partial charge in [0.2, 0.25) is 0 Å². The Morgan fingerprint density at radius 1 is 0.933 bits per heavy atom. The molecule has 0 N–H and O–H groups in total. The van der Waals surface area contributed by atoms with Gasteiger partial charge in [0.05, 0.1) is 11.3 Å². The number of hydrogen-bond donors (Lipinski definition) is 0. The van der Waals surface area contributed by atoms with Gasteiger partial charge in [-0.2, -0.15) is 0 Å². The van der Waals surface area contributed by atoms with Gasteiger partial charge in [-0.05, 0) is 128 Å². The van der Waals surface area contributed by atoms with E-state index in [0.717, 1.165) is 66.0 Å². The number of aryl methyl sites for hydroxylation is 1. The zero-order valence-electron chi connectivity index (χ0n) is 28.9. The van der Waals surface area contributed by atoms with Gasteiger partial charge in [0, 0.05) is 12.6 Å². The van der Waals surface area contributed by atoms with E-state index < -0.39 is 0 Å². The van der Waals surface area contributed by atoms with E-state index in [9.17, 15) is 4.79 Å². The van der Waals surface area contributed by atoms with Crippen LogP contribution in [0, 0.1) is 53.3 Å². The van der Waals surface area contributed by atoms with Crippen LogP contribution in [0.25, 0.3) is 0 Å². The molecular formula is C42H57NO2. The van der Waals surface area contributed by atoms with Gasteiger partial charge in [-0.1, -0.05) is 95.4 Å².